The summed E-state index contributed by atoms with van der Waals surface area (Å²) in [6.07, 6.45) is 7.67. The monoisotopic (exact) mass is 613 g/mol. The maximum atomic E-state index is 13.8. The first-order chi connectivity index (χ1) is 21.6. The quantitative estimate of drug-likeness (QED) is 0.389. The van der Waals surface area contributed by atoms with E-state index in [2.05, 4.69) is 56.0 Å². The Morgan fingerprint density at radius 2 is 1.73 bits per heavy atom. The van der Waals surface area contributed by atoms with Crippen molar-refractivity contribution in [1.82, 2.24) is 19.7 Å². The number of nitrogens with zero attached hydrogens (tertiary/aromatic N) is 5. The number of amides is 2. The number of carbonyl (C=O) groups excluding carboxylic acids is 2. The van der Waals surface area contributed by atoms with Gasteiger partial charge >= 0.3 is 0 Å². The Bertz CT molecular complexity index is 1470. The van der Waals surface area contributed by atoms with Gasteiger partial charge < -0.3 is 19.3 Å². The maximum absolute atomic E-state index is 13.8. The second-order valence-electron chi connectivity index (χ2n) is 13.7. The molecule has 0 unspecified atom stereocenters. The summed E-state index contributed by atoms with van der Waals surface area (Å²) in [7, 11) is 5.87. The number of benzene rings is 2. The molecule has 0 saturated carbocycles. The molecule has 2 amide bonds. The van der Waals surface area contributed by atoms with Crippen molar-refractivity contribution in [3.8, 4) is 11.5 Å². The maximum Gasteiger partial charge on any atom is 0.253 e. The SMILES string of the molecule is COc1ccc(C2=NN(Cc3ccc(C(=O)N4CCN(CCCN(C)C)CC4)cc3)C(=O)[C@H]3CC=CC[C@@H]23)c2c1OC(C)(C)C2. The predicted octanol–water partition coefficient (Wildman–Crippen LogP) is 4.45. The molecule has 1 fully saturated rings. The highest BCUT2D eigenvalue weighted by molar-refractivity contribution is 6.08. The molecule has 2 aromatic carbocycles. The van der Waals surface area contributed by atoms with E-state index in [1.54, 1.807) is 12.1 Å². The largest absolute Gasteiger partial charge is 0.493 e. The van der Waals surface area contributed by atoms with E-state index in [1.165, 1.54) is 0 Å². The highest BCUT2D eigenvalue weighted by Gasteiger charge is 2.43. The van der Waals surface area contributed by atoms with Gasteiger partial charge in [-0.25, -0.2) is 5.01 Å². The van der Waals surface area contributed by atoms with Gasteiger partial charge in [0.05, 0.1) is 25.3 Å². The van der Waals surface area contributed by atoms with Gasteiger partial charge in [0.15, 0.2) is 11.5 Å². The summed E-state index contributed by atoms with van der Waals surface area (Å²) in [6, 6.07) is 11.7. The van der Waals surface area contributed by atoms with E-state index in [9.17, 15) is 9.59 Å². The van der Waals surface area contributed by atoms with Crippen LogP contribution in [0, 0.1) is 11.8 Å². The van der Waals surface area contributed by atoms with Gasteiger partial charge in [-0.15, -0.1) is 0 Å². The minimum absolute atomic E-state index is 0.0217. The van der Waals surface area contributed by atoms with Gasteiger partial charge in [-0.2, -0.15) is 5.10 Å². The van der Waals surface area contributed by atoms with Crippen LogP contribution in [0.25, 0.3) is 0 Å². The summed E-state index contributed by atoms with van der Waals surface area (Å²) in [6.45, 7) is 9.99. The van der Waals surface area contributed by atoms with Crippen LogP contribution in [0.5, 0.6) is 11.5 Å². The molecule has 2 atom stereocenters. The molecule has 9 heteroatoms. The molecule has 0 spiro atoms. The first kappa shape index (κ1) is 31.3. The smallest absolute Gasteiger partial charge is 0.253 e. The van der Waals surface area contributed by atoms with Crippen molar-refractivity contribution in [2.24, 2.45) is 16.9 Å². The van der Waals surface area contributed by atoms with E-state index in [4.69, 9.17) is 14.6 Å². The van der Waals surface area contributed by atoms with E-state index in [-0.39, 0.29) is 29.3 Å². The molecule has 0 aromatic heterocycles. The van der Waals surface area contributed by atoms with Crippen LogP contribution in [0.15, 0.2) is 53.7 Å². The van der Waals surface area contributed by atoms with Crippen molar-refractivity contribution in [1.29, 1.82) is 0 Å². The Morgan fingerprint density at radius 1 is 1.02 bits per heavy atom. The van der Waals surface area contributed by atoms with Crippen molar-refractivity contribution in [2.45, 2.75) is 51.7 Å². The van der Waals surface area contributed by atoms with Crippen LogP contribution in [0.2, 0.25) is 0 Å². The number of hydrogen-bond acceptors (Lipinski definition) is 7. The van der Waals surface area contributed by atoms with E-state index < -0.39 is 0 Å². The van der Waals surface area contributed by atoms with Crippen molar-refractivity contribution >= 4 is 17.5 Å². The number of fused-ring (bicyclic) bond motifs is 2. The fourth-order valence-electron chi connectivity index (χ4n) is 7.13. The molecule has 0 bridgehead atoms. The number of ether oxygens (including phenoxy) is 2. The summed E-state index contributed by atoms with van der Waals surface area (Å²) in [4.78, 5) is 33.7. The van der Waals surface area contributed by atoms with Crippen molar-refractivity contribution < 1.29 is 19.1 Å². The van der Waals surface area contributed by atoms with E-state index >= 15 is 0 Å². The number of hydrazone groups is 1. The Balaban J connectivity index is 1.18. The molecule has 4 aliphatic rings. The highest BCUT2D eigenvalue weighted by atomic mass is 16.5. The molecule has 240 valence electrons. The van der Waals surface area contributed by atoms with Gasteiger partial charge in [0.25, 0.3) is 5.91 Å². The van der Waals surface area contributed by atoms with Gasteiger partial charge in [0, 0.05) is 55.2 Å². The summed E-state index contributed by atoms with van der Waals surface area (Å²) < 4.78 is 12.0. The van der Waals surface area contributed by atoms with Gasteiger partial charge in [-0.05, 0) is 90.1 Å². The Morgan fingerprint density at radius 3 is 2.42 bits per heavy atom. The zero-order valence-electron chi connectivity index (χ0n) is 27.4. The van der Waals surface area contributed by atoms with E-state index in [0.717, 1.165) is 92.4 Å². The predicted molar refractivity (Wildman–Crippen MR) is 176 cm³/mol. The molecule has 3 heterocycles. The van der Waals surface area contributed by atoms with E-state index in [0.29, 0.717) is 18.5 Å². The van der Waals surface area contributed by atoms with Crippen LogP contribution < -0.4 is 9.47 Å². The molecule has 0 radical (unpaired) electrons. The average Bonchev–Trinajstić information content (AvgIpc) is 3.37. The Labute approximate surface area is 267 Å². The third kappa shape index (κ3) is 6.65. The molecular formula is C36H47N5O4. The van der Waals surface area contributed by atoms with Crippen molar-refractivity contribution in [3.63, 3.8) is 0 Å². The van der Waals surface area contributed by atoms with Crippen LogP contribution in [-0.4, -0.2) is 103 Å². The van der Waals surface area contributed by atoms with Crippen LogP contribution in [0.1, 0.15) is 60.2 Å². The lowest BCUT2D eigenvalue weighted by Gasteiger charge is -2.37. The number of hydrogen-bond donors (Lipinski definition) is 0. The number of carbonyl (C=O) groups is 2. The molecule has 45 heavy (non-hydrogen) atoms. The van der Waals surface area contributed by atoms with Gasteiger partial charge in [-0.3, -0.25) is 14.5 Å². The summed E-state index contributed by atoms with van der Waals surface area (Å²) >= 11 is 0. The lowest BCUT2D eigenvalue weighted by molar-refractivity contribution is -0.138. The Kier molecular flexibility index (Phi) is 9.02. The standard InChI is InChI=1S/C36H47N5O4/c1-36(2)23-30-28(15-16-31(44-5)33(30)45-36)32-27-9-6-7-10-29(27)35(43)41(37-32)24-25-11-13-26(14-12-25)34(42)40-21-19-39(20-22-40)18-8-17-38(3)4/h6-7,11-16,27,29H,8-10,17-24H2,1-5H3/t27-,29+/m1/s1. The molecule has 9 nitrogen and oxygen atoms in total. The van der Waals surface area contributed by atoms with Crippen molar-refractivity contribution in [3.05, 3.63) is 70.8 Å². The zero-order chi connectivity index (χ0) is 31.7. The number of methoxy groups -OCH3 is 1. The summed E-state index contributed by atoms with van der Waals surface area (Å²) in [5.74, 6) is 1.49. The summed E-state index contributed by atoms with van der Waals surface area (Å²) in [5, 5.41) is 6.69. The minimum atomic E-state index is -0.346. The van der Waals surface area contributed by atoms with Crippen LogP contribution in [-0.2, 0) is 17.8 Å². The molecule has 1 saturated heterocycles. The molecule has 0 N–H and O–H groups in total. The van der Waals surface area contributed by atoms with Crippen molar-refractivity contribution in [2.75, 3.05) is 60.5 Å². The lowest BCUT2D eigenvalue weighted by atomic mass is 9.75. The lowest BCUT2D eigenvalue weighted by Crippen LogP contribution is -2.49. The molecule has 6 rings (SSSR count). The third-order valence-corrected chi connectivity index (χ3v) is 9.56. The normalized spacial score (nSPS) is 22.6. The zero-order valence-corrected chi connectivity index (χ0v) is 27.4. The fourth-order valence-corrected chi connectivity index (χ4v) is 7.13. The second-order valence-corrected chi connectivity index (χ2v) is 13.7. The van der Waals surface area contributed by atoms with Gasteiger partial charge in [0.2, 0.25) is 5.91 Å². The van der Waals surface area contributed by atoms with E-state index in [1.807, 2.05) is 35.2 Å². The average molecular weight is 614 g/mol. The van der Waals surface area contributed by atoms with Crippen LogP contribution in [0.4, 0.5) is 0 Å². The van der Waals surface area contributed by atoms with Crippen LogP contribution >= 0.6 is 0 Å². The highest BCUT2D eigenvalue weighted by Crippen LogP contribution is 2.46. The third-order valence-electron chi connectivity index (χ3n) is 9.56. The molecule has 1 aliphatic carbocycles. The van der Waals surface area contributed by atoms with Crippen LogP contribution in [0.3, 0.4) is 0 Å². The first-order valence-corrected chi connectivity index (χ1v) is 16.3. The Hall–Kier alpha value is -3.69. The number of rotatable bonds is 9. The number of piperazine rings is 1. The summed E-state index contributed by atoms with van der Waals surface area (Å²) in [5.41, 5.74) is 4.36. The second kappa shape index (κ2) is 13.0. The fraction of sp³-hybridized carbons (Fsp3) is 0.528. The number of allylic oxidation sites excluding steroid dienone is 2. The van der Waals surface area contributed by atoms with Gasteiger partial charge in [0.1, 0.15) is 5.60 Å². The minimum Gasteiger partial charge on any atom is -0.493 e. The molecule has 2 aromatic rings. The topological polar surface area (TPSA) is 77.9 Å². The van der Waals surface area contributed by atoms with Gasteiger partial charge in [-0.1, -0.05) is 24.3 Å². The molecule has 3 aliphatic heterocycles. The first-order valence-electron chi connectivity index (χ1n) is 16.3. The molecular weight excluding hydrogens is 566 g/mol.